The number of ether oxygens (including phenoxy) is 2. The Balaban J connectivity index is 0.00000280. The molecule has 2 aromatic carbocycles. The first-order valence-electron chi connectivity index (χ1n) is 11.4. The first kappa shape index (κ1) is 26.6. The van der Waals surface area contributed by atoms with Crippen LogP contribution in [-0.4, -0.2) is 31.4 Å². The first-order valence-corrected chi connectivity index (χ1v) is 12.8. The van der Waals surface area contributed by atoms with Gasteiger partial charge in [-0.1, -0.05) is 17.7 Å². The molecule has 2 heterocycles. The van der Waals surface area contributed by atoms with Gasteiger partial charge in [0.15, 0.2) is 4.90 Å². The number of methoxy groups -OCH3 is 1. The van der Waals surface area contributed by atoms with Gasteiger partial charge in [0.05, 0.1) is 12.8 Å². The fourth-order valence-electron chi connectivity index (χ4n) is 3.94. The summed E-state index contributed by atoms with van der Waals surface area (Å²) in [6.07, 6.45) is 1.27. The summed E-state index contributed by atoms with van der Waals surface area (Å²) in [6, 6.07) is 12.9. The van der Waals surface area contributed by atoms with Crippen molar-refractivity contribution >= 4 is 15.9 Å². The van der Waals surface area contributed by atoms with E-state index in [1.807, 2.05) is 37.6 Å². The Morgan fingerprint density at radius 2 is 1.76 bits per heavy atom. The van der Waals surface area contributed by atoms with E-state index >= 15 is 0 Å². The van der Waals surface area contributed by atoms with Crippen LogP contribution in [0.15, 0.2) is 70.5 Å². The second kappa shape index (κ2) is 10.5. The second-order valence-electron chi connectivity index (χ2n) is 8.52. The number of nitrogens with zero attached hydrogens (tertiary/aromatic N) is 1. The summed E-state index contributed by atoms with van der Waals surface area (Å²) < 4.78 is 53.4. The normalized spacial score (nSPS) is 11.2. The highest BCUT2D eigenvalue weighted by Gasteiger charge is 2.26. The van der Waals surface area contributed by atoms with Crippen molar-refractivity contribution in [3.63, 3.8) is 0 Å². The number of rotatable bonds is 7. The number of benzene rings is 2. The van der Waals surface area contributed by atoms with Gasteiger partial charge in [0.25, 0.3) is 21.5 Å². The van der Waals surface area contributed by atoms with Gasteiger partial charge in [0.2, 0.25) is 5.88 Å². The number of aromatic amines is 1. The third-order valence-electron chi connectivity index (χ3n) is 5.66. The monoisotopic (exact) mass is 541 g/mol. The molecule has 0 spiro atoms. The van der Waals surface area contributed by atoms with E-state index in [0.717, 1.165) is 22.8 Å². The van der Waals surface area contributed by atoms with Crippen LogP contribution in [0.5, 0.6) is 17.4 Å². The largest absolute Gasteiger partial charge is 0.497 e. The fourth-order valence-corrected chi connectivity index (χ4v) is 4.97. The minimum Gasteiger partial charge on any atom is -0.497 e. The van der Waals surface area contributed by atoms with Crippen LogP contribution in [0.25, 0.3) is 11.3 Å². The molecular weight excluding hydrogens is 513 g/mol. The van der Waals surface area contributed by atoms with Crippen molar-refractivity contribution in [3.05, 3.63) is 99.2 Å². The number of aromatic nitrogens is 2. The summed E-state index contributed by atoms with van der Waals surface area (Å²) in [5, 5.41) is 0. The topological polar surface area (TPSA) is 127 Å². The molecule has 0 unspecified atom stereocenters. The average Bonchev–Trinajstić information content (AvgIpc) is 2.86. The SMILES string of the molecule is COc1ccc(F)c(-c2ccc(C(=O)NS(=O)(=O)c3ccc[nH]c3=O)c(Oc3c(C)cc(C)cc3C)n2)c1.[HH].[HH]. The zero-order chi connectivity index (χ0) is 27.6. The summed E-state index contributed by atoms with van der Waals surface area (Å²) in [6.45, 7) is 5.54. The Labute approximate surface area is 221 Å². The molecule has 0 saturated heterocycles. The number of carbonyl (C=O) groups excluding carboxylic acids is 1. The quantitative estimate of drug-likeness (QED) is 0.340. The molecule has 4 rings (SSSR count). The maximum Gasteiger partial charge on any atom is 0.270 e. The molecule has 0 bridgehead atoms. The molecule has 0 aliphatic rings. The highest BCUT2D eigenvalue weighted by atomic mass is 32.2. The molecule has 0 fully saturated rings. The van der Waals surface area contributed by atoms with Crippen molar-refractivity contribution < 1.29 is 29.9 Å². The Hall–Kier alpha value is -4.51. The molecule has 0 aliphatic heterocycles. The van der Waals surface area contributed by atoms with E-state index < -0.39 is 32.2 Å². The predicted octanol–water partition coefficient (Wildman–Crippen LogP) is 4.91. The van der Waals surface area contributed by atoms with Gasteiger partial charge in [0, 0.05) is 14.6 Å². The van der Waals surface area contributed by atoms with Crippen LogP contribution in [0.1, 0.15) is 29.9 Å². The molecule has 11 heteroatoms. The van der Waals surface area contributed by atoms with Gasteiger partial charge in [-0.05, 0) is 74.4 Å². The molecule has 0 atom stereocenters. The molecule has 9 nitrogen and oxygen atoms in total. The van der Waals surface area contributed by atoms with Gasteiger partial charge < -0.3 is 14.5 Å². The minimum atomic E-state index is -4.53. The number of nitrogens with one attached hydrogen (secondary N) is 2. The van der Waals surface area contributed by atoms with Crippen molar-refractivity contribution in [1.82, 2.24) is 14.7 Å². The lowest BCUT2D eigenvalue weighted by Crippen LogP contribution is -2.34. The molecule has 4 aromatic rings. The molecule has 2 aromatic heterocycles. The molecule has 0 radical (unpaired) electrons. The lowest BCUT2D eigenvalue weighted by molar-refractivity contribution is 0.0978. The van der Waals surface area contributed by atoms with Crippen LogP contribution in [0.2, 0.25) is 0 Å². The van der Waals surface area contributed by atoms with Gasteiger partial charge in [-0.2, -0.15) is 0 Å². The van der Waals surface area contributed by atoms with Crippen LogP contribution >= 0.6 is 0 Å². The Morgan fingerprint density at radius 3 is 2.42 bits per heavy atom. The molecule has 38 heavy (non-hydrogen) atoms. The number of hydrogen-bond acceptors (Lipinski definition) is 7. The van der Waals surface area contributed by atoms with Gasteiger partial charge >= 0.3 is 0 Å². The maximum absolute atomic E-state index is 14.7. The summed E-state index contributed by atoms with van der Waals surface area (Å²) in [7, 11) is -3.09. The van der Waals surface area contributed by atoms with E-state index in [9.17, 15) is 22.4 Å². The standard InChI is InChI=1S/C27H24FN3O6S.2H2/c1-15-12-16(2)24(17(3)13-15)37-27-19(25(32)31-38(34,35)23-6-5-11-29-26(23)33)8-10-22(30-27)20-14-18(36-4)7-9-21(20)28;;/h5-14H,1-4H3,(H,29,33)(H,31,32);2*1H. The Morgan fingerprint density at radius 1 is 1.05 bits per heavy atom. The highest BCUT2D eigenvalue weighted by Crippen LogP contribution is 2.34. The Bertz CT molecular complexity index is 1700. The van der Waals surface area contributed by atoms with Gasteiger partial charge in [0.1, 0.15) is 22.9 Å². The van der Waals surface area contributed by atoms with Crippen molar-refractivity contribution in [2.45, 2.75) is 25.7 Å². The van der Waals surface area contributed by atoms with E-state index in [4.69, 9.17) is 9.47 Å². The van der Waals surface area contributed by atoms with Crippen LogP contribution in [0, 0.1) is 26.6 Å². The van der Waals surface area contributed by atoms with Gasteiger partial charge in [-0.3, -0.25) is 9.59 Å². The number of amides is 1. The van der Waals surface area contributed by atoms with Gasteiger partial charge in [-0.25, -0.2) is 22.5 Å². The lowest BCUT2D eigenvalue weighted by atomic mass is 10.1. The number of sulfonamides is 1. The summed E-state index contributed by atoms with van der Waals surface area (Å²) in [5.74, 6) is -1.14. The van der Waals surface area contributed by atoms with E-state index in [2.05, 4.69) is 9.97 Å². The average molecular weight is 542 g/mol. The number of H-pyrrole nitrogens is 1. The fraction of sp³-hybridized carbons (Fsp3) is 0.148. The molecule has 0 saturated carbocycles. The van der Waals surface area contributed by atoms with Crippen LogP contribution in [0.3, 0.4) is 0 Å². The third kappa shape index (κ3) is 5.42. The Kier molecular flexibility index (Phi) is 7.31. The molecule has 1 amide bonds. The van der Waals surface area contributed by atoms with E-state index in [0.29, 0.717) is 11.5 Å². The van der Waals surface area contributed by atoms with Crippen molar-refractivity contribution in [2.24, 2.45) is 0 Å². The maximum atomic E-state index is 14.7. The lowest BCUT2D eigenvalue weighted by Gasteiger charge is -2.16. The van der Waals surface area contributed by atoms with Crippen molar-refractivity contribution in [3.8, 4) is 28.6 Å². The van der Waals surface area contributed by atoms with Crippen molar-refractivity contribution in [2.75, 3.05) is 7.11 Å². The van der Waals surface area contributed by atoms with E-state index in [1.54, 1.807) is 0 Å². The summed E-state index contributed by atoms with van der Waals surface area (Å²) in [4.78, 5) is 31.2. The zero-order valence-corrected chi connectivity index (χ0v) is 21.8. The summed E-state index contributed by atoms with van der Waals surface area (Å²) >= 11 is 0. The molecule has 2 N–H and O–H groups in total. The van der Waals surface area contributed by atoms with Crippen LogP contribution in [0.4, 0.5) is 4.39 Å². The first-order chi connectivity index (χ1) is 18.0. The highest BCUT2D eigenvalue weighted by molar-refractivity contribution is 7.90. The van der Waals surface area contributed by atoms with E-state index in [-0.39, 0.29) is 25.6 Å². The zero-order valence-electron chi connectivity index (χ0n) is 21.0. The predicted molar refractivity (Wildman–Crippen MR) is 143 cm³/mol. The summed E-state index contributed by atoms with van der Waals surface area (Å²) in [5.41, 5.74) is 1.56. The number of pyridine rings is 2. The number of hydrogen-bond donors (Lipinski definition) is 2. The third-order valence-corrected chi connectivity index (χ3v) is 7.01. The van der Waals surface area contributed by atoms with Gasteiger partial charge in [-0.15, -0.1) is 0 Å². The number of aryl methyl sites for hydroxylation is 3. The van der Waals surface area contributed by atoms with Crippen LogP contribution < -0.4 is 19.8 Å². The van der Waals surface area contributed by atoms with Crippen molar-refractivity contribution in [1.29, 1.82) is 0 Å². The molecular formula is C27H28FN3O6S. The molecule has 200 valence electrons. The van der Waals surface area contributed by atoms with Crippen LogP contribution in [-0.2, 0) is 10.0 Å². The number of halogens is 1. The number of carbonyl (C=O) groups is 1. The van der Waals surface area contributed by atoms with E-state index in [1.165, 1.54) is 49.7 Å². The molecule has 0 aliphatic carbocycles. The second-order valence-corrected chi connectivity index (χ2v) is 10.2. The smallest absolute Gasteiger partial charge is 0.270 e. The minimum absolute atomic E-state index is 0.